The molecule has 0 fully saturated rings. The van der Waals surface area contributed by atoms with Gasteiger partial charge in [0.25, 0.3) is 5.56 Å². The first kappa shape index (κ1) is 14.5. The summed E-state index contributed by atoms with van der Waals surface area (Å²) in [6.45, 7) is 1.26. The molecule has 0 bridgehead atoms. The largest absolute Gasteiger partial charge is 0.493 e. The Labute approximate surface area is 128 Å². The lowest BCUT2D eigenvalue weighted by molar-refractivity contribution is 0.172. The van der Waals surface area contributed by atoms with Crippen molar-refractivity contribution in [1.29, 1.82) is 0 Å². The predicted molar refractivity (Wildman–Crippen MR) is 86.5 cm³/mol. The summed E-state index contributed by atoms with van der Waals surface area (Å²) in [7, 11) is 3.44. The van der Waals surface area contributed by atoms with E-state index in [-0.39, 0.29) is 5.56 Å². The molecule has 0 radical (unpaired) electrons. The van der Waals surface area contributed by atoms with E-state index in [0.717, 1.165) is 28.5 Å². The molecular formula is C17H18N2O3. The first-order valence-corrected chi connectivity index (χ1v) is 7.20. The topological polar surface area (TPSA) is 53.4 Å². The summed E-state index contributed by atoms with van der Waals surface area (Å²) in [5.74, 6) is 0.756. The Hall–Kier alpha value is -2.40. The smallest absolute Gasteiger partial charge is 0.260 e. The molecule has 0 amide bonds. The van der Waals surface area contributed by atoms with Crippen molar-refractivity contribution < 1.29 is 9.47 Å². The van der Waals surface area contributed by atoms with Crippen LogP contribution in [-0.4, -0.2) is 29.9 Å². The number of pyridine rings is 2. The highest BCUT2D eigenvalue weighted by atomic mass is 16.5. The van der Waals surface area contributed by atoms with Crippen LogP contribution in [0.1, 0.15) is 6.42 Å². The quantitative estimate of drug-likeness (QED) is 0.536. The predicted octanol–water partition coefficient (Wildman–Crippen LogP) is 2.50. The van der Waals surface area contributed by atoms with Gasteiger partial charge in [0, 0.05) is 51.0 Å². The molecule has 0 atom stereocenters. The molecular weight excluding hydrogens is 280 g/mol. The van der Waals surface area contributed by atoms with Crippen LogP contribution in [0.25, 0.3) is 21.7 Å². The second-order valence-electron chi connectivity index (χ2n) is 5.16. The molecule has 0 saturated heterocycles. The van der Waals surface area contributed by atoms with Crippen LogP contribution >= 0.6 is 0 Å². The summed E-state index contributed by atoms with van der Waals surface area (Å²) in [5.41, 5.74) is 0.806. The molecule has 0 unspecified atom stereocenters. The zero-order valence-electron chi connectivity index (χ0n) is 12.7. The second kappa shape index (κ2) is 6.15. The lowest BCUT2D eigenvalue weighted by Crippen LogP contribution is -2.17. The molecule has 0 N–H and O–H groups in total. The molecule has 1 aromatic carbocycles. The van der Waals surface area contributed by atoms with E-state index in [1.807, 2.05) is 24.3 Å². The maximum atomic E-state index is 12.4. The molecule has 0 aliphatic rings. The number of nitrogens with zero attached hydrogens (tertiary/aromatic N) is 2. The number of fused-ring (bicyclic) bond motifs is 3. The molecule has 3 aromatic rings. The maximum Gasteiger partial charge on any atom is 0.260 e. The Bertz CT molecular complexity index is 871. The number of hydrogen-bond donors (Lipinski definition) is 0. The number of hydrogen-bond acceptors (Lipinski definition) is 4. The Morgan fingerprint density at radius 3 is 2.82 bits per heavy atom. The minimum atomic E-state index is -0.0490. The highest BCUT2D eigenvalue weighted by Gasteiger charge is 2.09. The minimum Gasteiger partial charge on any atom is -0.493 e. The van der Waals surface area contributed by atoms with Gasteiger partial charge in [-0.05, 0) is 23.6 Å². The van der Waals surface area contributed by atoms with Gasteiger partial charge < -0.3 is 14.0 Å². The molecule has 0 aliphatic heterocycles. The number of ether oxygens (including phenoxy) is 2. The van der Waals surface area contributed by atoms with E-state index >= 15 is 0 Å². The third kappa shape index (κ3) is 2.55. The number of benzene rings is 1. The summed E-state index contributed by atoms with van der Waals surface area (Å²) < 4.78 is 12.4. The third-order valence-electron chi connectivity index (χ3n) is 3.74. The molecule has 2 aromatic heterocycles. The van der Waals surface area contributed by atoms with Gasteiger partial charge in [0.15, 0.2) is 0 Å². The lowest BCUT2D eigenvalue weighted by Gasteiger charge is -2.11. The van der Waals surface area contributed by atoms with Crippen molar-refractivity contribution in [2.24, 2.45) is 7.05 Å². The molecule has 3 rings (SSSR count). The molecule has 5 heteroatoms. The van der Waals surface area contributed by atoms with E-state index in [4.69, 9.17) is 9.47 Å². The number of aromatic nitrogens is 2. The summed E-state index contributed by atoms with van der Waals surface area (Å²) in [6, 6.07) is 7.70. The van der Waals surface area contributed by atoms with Gasteiger partial charge in [0.1, 0.15) is 5.75 Å². The zero-order chi connectivity index (χ0) is 15.5. The van der Waals surface area contributed by atoms with E-state index in [9.17, 15) is 4.79 Å². The van der Waals surface area contributed by atoms with E-state index in [1.54, 1.807) is 31.1 Å². The van der Waals surface area contributed by atoms with Crippen molar-refractivity contribution >= 4 is 21.7 Å². The minimum absolute atomic E-state index is 0.0490. The van der Waals surface area contributed by atoms with Gasteiger partial charge in [0.05, 0.1) is 17.5 Å². The second-order valence-corrected chi connectivity index (χ2v) is 5.16. The van der Waals surface area contributed by atoms with Crippen LogP contribution in [0.3, 0.4) is 0 Å². The molecule has 0 aliphatic carbocycles. The van der Waals surface area contributed by atoms with Gasteiger partial charge in [-0.2, -0.15) is 0 Å². The molecule has 0 saturated carbocycles. The fourth-order valence-corrected chi connectivity index (χ4v) is 2.59. The van der Waals surface area contributed by atoms with Crippen LogP contribution < -0.4 is 10.3 Å². The molecule has 114 valence electrons. The van der Waals surface area contributed by atoms with E-state index < -0.39 is 0 Å². The van der Waals surface area contributed by atoms with Crippen LogP contribution in [0, 0.1) is 0 Å². The zero-order valence-corrected chi connectivity index (χ0v) is 12.7. The number of methoxy groups -OCH3 is 1. The normalized spacial score (nSPS) is 11.2. The lowest BCUT2D eigenvalue weighted by atomic mass is 10.1. The molecule has 2 heterocycles. The highest BCUT2D eigenvalue weighted by Crippen LogP contribution is 2.25. The van der Waals surface area contributed by atoms with Crippen molar-refractivity contribution in [1.82, 2.24) is 9.55 Å². The Balaban J connectivity index is 2.07. The van der Waals surface area contributed by atoms with Crippen LogP contribution in [0.5, 0.6) is 5.75 Å². The van der Waals surface area contributed by atoms with Crippen LogP contribution in [0.15, 0.2) is 41.5 Å². The molecule has 22 heavy (non-hydrogen) atoms. The van der Waals surface area contributed by atoms with Crippen molar-refractivity contribution in [2.45, 2.75) is 6.42 Å². The Morgan fingerprint density at radius 1 is 1.14 bits per heavy atom. The van der Waals surface area contributed by atoms with Gasteiger partial charge in [-0.25, -0.2) is 0 Å². The Morgan fingerprint density at radius 2 is 2.00 bits per heavy atom. The van der Waals surface area contributed by atoms with E-state index in [0.29, 0.717) is 18.6 Å². The summed E-state index contributed by atoms with van der Waals surface area (Å²) >= 11 is 0. The first-order valence-electron chi connectivity index (χ1n) is 7.20. The molecule has 0 spiro atoms. The average molecular weight is 298 g/mol. The maximum absolute atomic E-state index is 12.4. The van der Waals surface area contributed by atoms with Gasteiger partial charge in [-0.3, -0.25) is 9.78 Å². The monoisotopic (exact) mass is 298 g/mol. The van der Waals surface area contributed by atoms with E-state index in [2.05, 4.69) is 4.98 Å². The van der Waals surface area contributed by atoms with Crippen molar-refractivity contribution in [3.05, 3.63) is 47.0 Å². The van der Waals surface area contributed by atoms with Crippen LogP contribution in [-0.2, 0) is 11.8 Å². The standard InChI is InChI=1S/C17H18N2O3/c1-19-16-10-12(22-9-3-8-21-2)4-5-14(16)13-6-7-18-11-15(13)17(19)20/h4-7,10-11H,3,8-9H2,1-2H3. The summed E-state index contributed by atoms with van der Waals surface area (Å²) in [6.07, 6.45) is 4.15. The van der Waals surface area contributed by atoms with Gasteiger partial charge in [0.2, 0.25) is 0 Å². The van der Waals surface area contributed by atoms with Gasteiger partial charge in [-0.15, -0.1) is 0 Å². The number of aryl methyl sites for hydroxylation is 1. The first-order chi connectivity index (χ1) is 10.7. The van der Waals surface area contributed by atoms with Crippen LogP contribution in [0.4, 0.5) is 0 Å². The summed E-state index contributed by atoms with van der Waals surface area (Å²) in [5, 5.41) is 2.56. The number of rotatable bonds is 5. The fraction of sp³-hybridized carbons (Fsp3) is 0.294. The van der Waals surface area contributed by atoms with Crippen LogP contribution in [0.2, 0.25) is 0 Å². The third-order valence-corrected chi connectivity index (χ3v) is 3.74. The van der Waals surface area contributed by atoms with E-state index in [1.165, 1.54) is 0 Å². The van der Waals surface area contributed by atoms with Crippen molar-refractivity contribution in [2.75, 3.05) is 20.3 Å². The highest BCUT2D eigenvalue weighted by molar-refractivity contribution is 6.05. The van der Waals surface area contributed by atoms with Crippen molar-refractivity contribution in [3.8, 4) is 5.75 Å². The fourth-order valence-electron chi connectivity index (χ4n) is 2.59. The average Bonchev–Trinajstić information content (AvgIpc) is 2.56. The van der Waals surface area contributed by atoms with Gasteiger partial charge in [-0.1, -0.05) is 0 Å². The molecule has 5 nitrogen and oxygen atoms in total. The summed E-state index contributed by atoms with van der Waals surface area (Å²) in [4.78, 5) is 16.5. The SMILES string of the molecule is COCCCOc1ccc2c3ccncc3c(=O)n(C)c2c1. The van der Waals surface area contributed by atoms with Gasteiger partial charge >= 0.3 is 0 Å². The van der Waals surface area contributed by atoms with Crippen molar-refractivity contribution in [3.63, 3.8) is 0 Å². The Kier molecular flexibility index (Phi) is 4.06.